The molecule has 32 heavy (non-hydrogen) atoms. The number of rotatable bonds is 6. The van der Waals surface area contributed by atoms with Crippen LogP contribution in [0.1, 0.15) is 72.2 Å². The van der Waals surface area contributed by atoms with Gasteiger partial charge in [0.2, 0.25) is 0 Å². The molecule has 1 aromatic heterocycles. The molecule has 2 aliphatic rings. The molecule has 2 aliphatic heterocycles. The molecule has 8 heteroatoms. The Bertz CT molecular complexity index is 925. The predicted molar refractivity (Wildman–Crippen MR) is 125 cm³/mol. The number of benzene rings is 1. The van der Waals surface area contributed by atoms with Crippen molar-refractivity contribution in [2.45, 2.75) is 77.5 Å². The van der Waals surface area contributed by atoms with Gasteiger partial charge in [-0.25, -0.2) is 9.78 Å². The van der Waals surface area contributed by atoms with E-state index in [1.807, 2.05) is 30.5 Å². The van der Waals surface area contributed by atoms with E-state index in [0.717, 1.165) is 48.2 Å². The normalized spacial score (nSPS) is 21.8. The summed E-state index contributed by atoms with van der Waals surface area (Å²) in [4.78, 5) is 22.3. The van der Waals surface area contributed by atoms with E-state index in [9.17, 15) is 4.79 Å². The summed E-state index contributed by atoms with van der Waals surface area (Å²) >= 11 is 0. The summed E-state index contributed by atoms with van der Waals surface area (Å²) in [6.07, 6.45) is 5.31. The minimum Gasteiger partial charge on any atom is -0.449 e. The molecule has 2 aromatic rings. The average Bonchev–Trinajstić information content (AvgIpc) is 3.46. The Morgan fingerprint density at radius 3 is 2.56 bits per heavy atom. The van der Waals surface area contributed by atoms with E-state index in [4.69, 9.17) is 14.0 Å². The lowest BCUT2D eigenvalue weighted by molar-refractivity contribution is 0.00578. The molecule has 3 heterocycles. The molecule has 1 aromatic carbocycles. The number of aromatic nitrogens is 2. The monoisotopic (exact) mass is 439 g/mol. The lowest BCUT2D eigenvalue weighted by Crippen LogP contribution is -2.41. The van der Waals surface area contributed by atoms with Crippen molar-refractivity contribution < 1.29 is 18.8 Å². The Balaban J connectivity index is 1.44. The first kappa shape index (κ1) is 22.9. The molecule has 1 N–H and O–H groups in total. The maximum atomic E-state index is 12.5. The van der Waals surface area contributed by atoms with Crippen molar-refractivity contribution in [1.29, 1.82) is 0 Å². The summed E-state index contributed by atoms with van der Waals surface area (Å²) in [7, 11) is -0.378. The fourth-order valence-electron chi connectivity index (χ4n) is 4.11. The summed E-state index contributed by atoms with van der Waals surface area (Å²) in [6.45, 7) is 11.5. The van der Waals surface area contributed by atoms with Crippen molar-refractivity contribution in [1.82, 2.24) is 14.9 Å². The molecule has 172 valence electrons. The quantitative estimate of drug-likeness (QED) is 0.532. The van der Waals surface area contributed by atoms with Gasteiger partial charge in [-0.2, -0.15) is 0 Å². The van der Waals surface area contributed by atoms with Crippen molar-refractivity contribution in [3.05, 3.63) is 36.3 Å². The predicted octanol–water partition coefficient (Wildman–Crippen LogP) is 4.45. The topological polar surface area (TPSA) is 76.7 Å². The highest BCUT2D eigenvalue weighted by molar-refractivity contribution is 6.62. The number of ether oxygens (including phenoxy) is 1. The van der Waals surface area contributed by atoms with Gasteiger partial charge in [0.05, 0.1) is 35.7 Å². The van der Waals surface area contributed by atoms with Crippen molar-refractivity contribution in [3.8, 4) is 11.3 Å². The third-order valence-corrected chi connectivity index (χ3v) is 6.87. The molecule has 0 radical (unpaired) electrons. The molecule has 7 nitrogen and oxygen atoms in total. The second-order valence-corrected chi connectivity index (χ2v) is 9.71. The molecule has 1 amide bonds. The fourth-order valence-corrected chi connectivity index (χ4v) is 4.11. The number of amides is 1. The van der Waals surface area contributed by atoms with Crippen molar-refractivity contribution in [3.63, 3.8) is 0 Å². The Morgan fingerprint density at radius 1 is 1.22 bits per heavy atom. The van der Waals surface area contributed by atoms with E-state index in [0.29, 0.717) is 13.2 Å². The van der Waals surface area contributed by atoms with Gasteiger partial charge in [0.1, 0.15) is 5.82 Å². The minimum atomic E-state index is -0.378. The van der Waals surface area contributed by atoms with E-state index in [1.165, 1.54) is 0 Å². The van der Waals surface area contributed by atoms with E-state index in [-0.39, 0.29) is 30.5 Å². The summed E-state index contributed by atoms with van der Waals surface area (Å²) in [6, 6.07) is 8.09. The number of hydrogen-bond acceptors (Lipinski definition) is 5. The van der Waals surface area contributed by atoms with Crippen LogP contribution in [0, 0.1) is 0 Å². The molecule has 2 fully saturated rings. The first-order valence-electron chi connectivity index (χ1n) is 11.7. The molecule has 0 spiro atoms. The van der Waals surface area contributed by atoms with E-state index in [2.05, 4.69) is 44.6 Å². The number of imidazole rings is 1. The zero-order valence-electron chi connectivity index (χ0n) is 19.8. The number of aromatic amines is 1. The molecule has 1 unspecified atom stereocenters. The van der Waals surface area contributed by atoms with Gasteiger partial charge < -0.3 is 19.0 Å². The van der Waals surface area contributed by atoms with Crippen LogP contribution in [-0.4, -0.2) is 52.4 Å². The van der Waals surface area contributed by atoms with Gasteiger partial charge in [-0.05, 0) is 58.0 Å². The number of nitrogens with one attached hydrogen (secondary N) is 1. The van der Waals surface area contributed by atoms with Gasteiger partial charge in [0.25, 0.3) is 0 Å². The summed E-state index contributed by atoms with van der Waals surface area (Å²) in [5.41, 5.74) is 2.22. The Hall–Kier alpha value is -2.32. The Labute approximate surface area is 191 Å². The van der Waals surface area contributed by atoms with Crippen LogP contribution < -0.4 is 5.46 Å². The molecule has 0 saturated carbocycles. The zero-order chi connectivity index (χ0) is 22.9. The Morgan fingerprint density at radius 2 is 1.91 bits per heavy atom. The van der Waals surface area contributed by atoms with Gasteiger partial charge >= 0.3 is 13.2 Å². The number of unbranched alkanes of at least 4 members (excludes halogenated alkanes) is 1. The van der Waals surface area contributed by atoms with Gasteiger partial charge in [0.15, 0.2) is 0 Å². The van der Waals surface area contributed by atoms with Crippen LogP contribution in [0.2, 0.25) is 0 Å². The maximum absolute atomic E-state index is 12.5. The van der Waals surface area contributed by atoms with Crippen LogP contribution in [0.25, 0.3) is 11.3 Å². The minimum absolute atomic E-state index is 0.0677. The van der Waals surface area contributed by atoms with E-state index in [1.54, 1.807) is 4.90 Å². The molecular weight excluding hydrogens is 405 g/mol. The van der Waals surface area contributed by atoms with Crippen LogP contribution in [-0.2, 0) is 14.0 Å². The molecule has 4 rings (SSSR count). The lowest BCUT2D eigenvalue weighted by Gasteiger charge is -2.32. The summed E-state index contributed by atoms with van der Waals surface area (Å²) in [5.74, 6) is 0.806. The highest BCUT2D eigenvalue weighted by atomic mass is 16.7. The standard InChI is InChI=1S/C24H34BN3O4/c1-6-7-15-30-22(29)28-14-8-9-20(28)21-26-16-19(27-21)17-10-12-18(13-11-17)25-31-23(2,3)24(4,5)32-25/h10-13,16,20H,6-9,14-15H2,1-5H3,(H,26,27). The summed E-state index contributed by atoms with van der Waals surface area (Å²) < 4.78 is 17.7. The SMILES string of the molecule is CCCCOC(=O)N1CCCC1c1ncc(-c2ccc(B3OC(C)(C)C(C)(C)O3)cc2)[nH]1. The number of carbonyl (C=O) groups is 1. The smallest absolute Gasteiger partial charge is 0.449 e. The maximum Gasteiger partial charge on any atom is 0.494 e. The number of H-pyrrole nitrogens is 1. The molecule has 0 aliphatic carbocycles. The largest absolute Gasteiger partial charge is 0.494 e. The number of likely N-dealkylation sites (tertiary alicyclic amines) is 1. The van der Waals surface area contributed by atoms with Crippen molar-refractivity contribution in [2.24, 2.45) is 0 Å². The second kappa shape index (κ2) is 8.91. The second-order valence-electron chi connectivity index (χ2n) is 9.71. The number of carbonyl (C=O) groups excluding carboxylic acids is 1. The van der Waals surface area contributed by atoms with Crippen molar-refractivity contribution >= 4 is 18.7 Å². The van der Waals surface area contributed by atoms with Crippen LogP contribution >= 0.6 is 0 Å². The van der Waals surface area contributed by atoms with E-state index < -0.39 is 0 Å². The fraction of sp³-hybridized carbons (Fsp3) is 0.583. The highest BCUT2D eigenvalue weighted by Gasteiger charge is 2.51. The van der Waals surface area contributed by atoms with Crippen LogP contribution in [0.15, 0.2) is 30.5 Å². The number of nitrogens with zero attached hydrogens (tertiary/aromatic N) is 2. The third-order valence-electron chi connectivity index (χ3n) is 6.87. The highest BCUT2D eigenvalue weighted by Crippen LogP contribution is 2.36. The van der Waals surface area contributed by atoms with Gasteiger partial charge in [-0.15, -0.1) is 0 Å². The molecular formula is C24H34BN3O4. The van der Waals surface area contributed by atoms with Gasteiger partial charge in [-0.3, -0.25) is 4.90 Å². The van der Waals surface area contributed by atoms with Gasteiger partial charge in [0, 0.05) is 6.54 Å². The van der Waals surface area contributed by atoms with Crippen molar-refractivity contribution in [2.75, 3.05) is 13.2 Å². The first-order chi connectivity index (χ1) is 15.2. The van der Waals surface area contributed by atoms with E-state index >= 15 is 0 Å². The zero-order valence-corrected chi connectivity index (χ0v) is 19.8. The lowest BCUT2D eigenvalue weighted by atomic mass is 9.79. The summed E-state index contributed by atoms with van der Waals surface area (Å²) in [5, 5.41) is 0. The number of hydrogen-bond donors (Lipinski definition) is 1. The molecule has 1 atom stereocenters. The van der Waals surface area contributed by atoms with Gasteiger partial charge in [-0.1, -0.05) is 37.6 Å². The average molecular weight is 439 g/mol. The van der Waals surface area contributed by atoms with Crippen LogP contribution in [0.4, 0.5) is 4.79 Å². The van der Waals surface area contributed by atoms with Crippen LogP contribution in [0.3, 0.4) is 0 Å². The third kappa shape index (κ3) is 4.43. The van der Waals surface area contributed by atoms with Crippen LogP contribution in [0.5, 0.6) is 0 Å². The molecule has 0 bridgehead atoms. The Kier molecular flexibility index (Phi) is 6.36. The molecule has 2 saturated heterocycles. The first-order valence-corrected chi connectivity index (χ1v) is 11.7.